The molecule has 0 atom stereocenters. The Balaban J connectivity index is 1.60. The first-order valence-electron chi connectivity index (χ1n) is 7.45. The van der Waals surface area contributed by atoms with Gasteiger partial charge in [-0.3, -0.25) is 9.78 Å². The molecule has 22 heavy (non-hydrogen) atoms. The molecule has 0 unspecified atom stereocenters. The van der Waals surface area contributed by atoms with Crippen LogP contribution in [-0.2, 0) is 0 Å². The fourth-order valence-electron chi connectivity index (χ4n) is 2.78. The molecule has 0 N–H and O–H groups in total. The van der Waals surface area contributed by atoms with Crippen LogP contribution in [0.2, 0.25) is 0 Å². The zero-order chi connectivity index (χ0) is 15.4. The molecule has 1 aliphatic heterocycles. The summed E-state index contributed by atoms with van der Waals surface area (Å²) in [7, 11) is 2.06. The molecular weight excluding hydrogens is 278 g/mol. The van der Waals surface area contributed by atoms with Crippen LogP contribution < -0.4 is 4.90 Å². The Bertz CT molecular complexity index is 611. The van der Waals surface area contributed by atoms with Crippen molar-refractivity contribution in [1.29, 1.82) is 0 Å². The van der Waals surface area contributed by atoms with Crippen molar-refractivity contribution in [2.24, 2.45) is 0 Å². The molecule has 0 saturated carbocycles. The van der Waals surface area contributed by atoms with Crippen molar-refractivity contribution in [2.75, 3.05) is 25.0 Å². The number of amides is 1. The molecule has 0 bridgehead atoms. The van der Waals surface area contributed by atoms with E-state index in [0.29, 0.717) is 11.7 Å². The largest absolute Gasteiger partial charge is 0.357 e. The number of rotatable bonds is 3. The van der Waals surface area contributed by atoms with Crippen molar-refractivity contribution in [3.05, 3.63) is 48.7 Å². The van der Waals surface area contributed by atoms with E-state index in [4.69, 9.17) is 0 Å². The van der Waals surface area contributed by atoms with E-state index in [0.717, 1.165) is 31.7 Å². The number of aromatic nitrogens is 3. The highest BCUT2D eigenvalue weighted by Gasteiger charge is 2.26. The van der Waals surface area contributed by atoms with Crippen molar-refractivity contribution in [1.82, 2.24) is 19.9 Å². The number of carbonyl (C=O) groups is 1. The van der Waals surface area contributed by atoms with Crippen molar-refractivity contribution in [2.45, 2.75) is 18.9 Å². The number of pyridine rings is 1. The van der Waals surface area contributed by atoms with Gasteiger partial charge < -0.3 is 9.80 Å². The maximum Gasteiger partial charge on any atom is 0.274 e. The molecule has 2 aromatic heterocycles. The predicted octanol–water partition coefficient (Wildman–Crippen LogP) is 1.61. The lowest BCUT2D eigenvalue weighted by Gasteiger charge is -2.37. The van der Waals surface area contributed by atoms with Gasteiger partial charge in [0.25, 0.3) is 5.91 Å². The molecule has 3 heterocycles. The highest BCUT2D eigenvalue weighted by molar-refractivity contribution is 5.92. The summed E-state index contributed by atoms with van der Waals surface area (Å²) in [5, 5.41) is 0. The van der Waals surface area contributed by atoms with Crippen molar-refractivity contribution >= 4 is 11.7 Å². The van der Waals surface area contributed by atoms with E-state index in [1.807, 2.05) is 23.1 Å². The molecule has 0 spiro atoms. The van der Waals surface area contributed by atoms with Gasteiger partial charge in [-0.25, -0.2) is 9.97 Å². The summed E-state index contributed by atoms with van der Waals surface area (Å²) in [5.41, 5.74) is 0.416. The molecule has 1 fully saturated rings. The molecular formula is C16H19N5O. The van der Waals surface area contributed by atoms with Crippen LogP contribution in [0.1, 0.15) is 23.3 Å². The van der Waals surface area contributed by atoms with Crippen LogP contribution in [0.4, 0.5) is 5.82 Å². The normalized spacial score (nSPS) is 15.6. The SMILES string of the molecule is CN(c1ccccn1)C1CCN(C(=O)c2cnccn2)CC1. The summed E-state index contributed by atoms with van der Waals surface area (Å²) in [6.07, 6.45) is 8.31. The van der Waals surface area contributed by atoms with E-state index >= 15 is 0 Å². The number of nitrogens with zero attached hydrogens (tertiary/aromatic N) is 5. The van der Waals surface area contributed by atoms with E-state index in [-0.39, 0.29) is 5.91 Å². The van der Waals surface area contributed by atoms with Crippen molar-refractivity contribution < 1.29 is 4.79 Å². The van der Waals surface area contributed by atoms with Crippen LogP contribution in [0, 0.1) is 0 Å². The molecule has 3 rings (SSSR count). The summed E-state index contributed by atoms with van der Waals surface area (Å²) < 4.78 is 0. The van der Waals surface area contributed by atoms with Crippen LogP contribution >= 0.6 is 0 Å². The van der Waals surface area contributed by atoms with Gasteiger partial charge in [-0.15, -0.1) is 0 Å². The summed E-state index contributed by atoms with van der Waals surface area (Å²) in [6.45, 7) is 1.47. The van der Waals surface area contributed by atoms with Gasteiger partial charge in [-0.2, -0.15) is 0 Å². The van der Waals surface area contributed by atoms with Crippen LogP contribution in [0.5, 0.6) is 0 Å². The zero-order valence-electron chi connectivity index (χ0n) is 12.6. The maximum atomic E-state index is 12.3. The van der Waals surface area contributed by atoms with Crippen molar-refractivity contribution in [3.8, 4) is 0 Å². The van der Waals surface area contributed by atoms with Gasteiger partial charge in [-0.05, 0) is 25.0 Å². The lowest BCUT2D eigenvalue weighted by molar-refractivity contribution is 0.0706. The monoisotopic (exact) mass is 297 g/mol. The molecule has 1 saturated heterocycles. The number of carbonyl (C=O) groups excluding carboxylic acids is 1. The number of anilines is 1. The third-order valence-corrected chi connectivity index (χ3v) is 4.09. The summed E-state index contributed by atoms with van der Waals surface area (Å²) in [6, 6.07) is 6.32. The molecule has 2 aromatic rings. The first kappa shape index (κ1) is 14.4. The van der Waals surface area contributed by atoms with E-state index in [1.54, 1.807) is 18.6 Å². The lowest BCUT2D eigenvalue weighted by Crippen LogP contribution is -2.46. The van der Waals surface area contributed by atoms with Gasteiger partial charge in [0.1, 0.15) is 11.5 Å². The Morgan fingerprint density at radius 2 is 2.00 bits per heavy atom. The van der Waals surface area contributed by atoms with E-state index in [2.05, 4.69) is 26.9 Å². The highest BCUT2D eigenvalue weighted by atomic mass is 16.2. The molecule has 0 aromatic carbocycles. The summed E-state index contributed by atoms with van der Waals surface area (Å²) in [5.74, 6) is 0.938. The minimum Gasteiger partial charge on any atom is -0.357 e. The molecule has 114 valence electrons. The second kappa shape index (κ2) is 6.51. The molecule has 1 aliphatic rings. The van der Waals surface area contributed by atoms with E-state index < -0.39 is 0 Å². The van der Waals surface area contributed by atoms with E-state index in [9.17, 15) is 4.79 Å². The smallest absolute Gasteiger partial charge is 0.274 e. The molecule has 0 radical (unpaired) electrons. The minimum absolute atomic E-state index is 0.0351. The third kappa shape index (κ3) is 3.05. The van der Waals surface area contributed by atoms with Crippen LogP contribution in [0.3, 0.4) is 0 Å². The lowest BCUT2D eigenvalue weighted by atomic mass is 10.0. The number of piperidine rings is 1. The maximum absolute atomic E-state index is 12.3. The first-order chi connectivity index (χ1) is 10.8. The Morgan fingerprint density at radius 1 is 1.18 bits per heavy atom. The zero-order valence-corrected chi connectivity index (χ0v) is 12.6. The van der Waals surface area contributed by atoms with Crippen LogP contribution in [0.25, 0.3) is 0 Å². The standard InChI is InChI=1S/C16H19N5O/c1-20(15-4-2-3-7-19-15)13-5-10-21(11-6-13)16(22)14-12-17-8-9-18-14/h2-4,7-9,12-13H,5-6,10-11H2,1H3. The fourth-order valence-corrected chi connectivity index (χ4v) is 2.78. The van der Waals surface area contributed by atoms with Gasteiger partial charge in [-0.1, -0.05) is 6.07 Å². The van der Waals surface area contributed by atoms with Gasteiger partial charge in [0.2, 0.25) is 0 Å². The fraction of sp³-hybridized carbons (Fsp3) is 0.375. The second-order valence-corrected chi connectivity index (χ2v) is 5.41. The summed E-state index contributed by atoms with van der Waals surface area (Å²) >= 11 is 0. The number of hydrogen-bond donors (Lipinski definition) is 0. The van der Waals surface area contributed by atoms with Gasteiger partial charge in [0.05, 0.1) is 6.20 Å². The Kier molecular flexibility index (Phi) is 4.27. The minimum atomic E-state index is -0.0351. The Hall–Kier alpha value is -2.50. The van der Waals surface area contributed by atoms with Crippen LogP contribution in [-0.4, -0.2) is 51.9 Å². The molecule has 6 nitrogen and oxygen atoms in total. The number of hydrogen-bond acceptors (Lipinski definition) is 5. The van der Waals surface area contributed by atoms with Gasteiger partial charge in [0.15, 0.2) is 0 Å². The summed E-state index contributed by atoms with van der Waals surface area (Å²) in [4.78, 5) is 28.8. The van der Waals surface area contributed by atoms with Gasteiger partial charge in [0, 0.05) is 44.8 Å². The Labute approximate surface area is 129 Å². The topological polar surface area (TPSA) is 62.2 Å². The van der Waals surface area contributed by atoms with E-state index in [1.165, 1.54) is 6.20 Å². The first-order valence-corrected chi connectivity index (χ1v) is 7.45. The second-order valence-electron chi connectivity index (χ2n) is 5.41. The average Bonchev–Trinajstić information content (AvgIpc) is 2.62. The quantitative estimate of drug-likeness (QED) is 0.861. The Morgan fingerprint density at radius 3 is 2.64 bits per heavy atom. The molecule has 0 aliphatic carbocycles. The van der Waals surface area contributed by atoms with Gasteiger partial charge >= 0.3 is 0 Å². The van der Waals surface area contributed by atoms with Crippen LogP contribution in [0.15, 0.2) is 43.0 Å². The van der Waals surface area contributed by atoms with Crippen molar-refractivity contribution in [3.63, 3.8) is 0 Å². The molecule has 6 heteroatoms. The average molecular weight is 297 g/mol. The predicted molar refractivity (Wildman–Crippen MR) is 83.6 cm³/mol. The third-order valence-electron chi connectivity index (χ3n) is 4.09. The highest BCUT2D eigenvalue weighted by Crippen LogP contribution is 2.20. The molecule has 1 amide bonds. The number of likely N-dealkylation sites (tertiary alicyclic amines) is 1.